The minimum Gasteiger partial charge on any atom is -0.373 e. The van der Waals surface area contributed by atoms with Crippen LogP contribution in [0.15, 0.2) is 18.2 Å². The van der Waals surface area contributed by atoms with E-state index in [-0.39, 0.29) is 10.7 Å². The molecule has 2 rings (SSSR count). The molecule has 7 heteroatoms. The molecule has 106 valence electrons. The molecule has 4 nitrogen and oxygen atoms in total. The number of halogens is 3. The lowest BCUT2D eigenvalue weighted by Gasteiger charge is -2.11. The van der Waals surface area contributed by atoms with Crippen LogP contribution in [-0.4, -0.2) is 17.0 Å². The summed E-state index contributed by atoms with van der Waals surface area (Å²) in [6, 6.07) is 3.40. The molecular weight excluding hydrogens is 286 g/mol. The number of nitrogens with one attached hydrogen (secondary N) is 2. The molecule has 2 N–H and O–H groups in total. The third kappa shape index (κ3) is 3.14. The molecule has 0 aliphatic carbocycles. The first-order chi connectivity index (χ1) is 9.53. The van der Waals surface area contributed by atoms with Gasteiger partial charge in [-0.2, -0.15) is 0 Å². The molecule has 0 fully saturated rings. The number of nitrogens with zero attached hydrogens (tertiary/aromatic N) is 2. The van der Waals surface area contributed by atoms with Crippen LogP contribution in [0.2, 0.25) is 5.02 Å². The van der Waals surface area contributed by atoms with Crippen LogP contribution < -0.4 is 10.6 Å². The summed E-state index contributed by atoms with van der Waals surface area (Å²) in [6.45, 7) is 1.91. The van der Waals surface area contributed by atoms with Crippen molar-refractivity contribution in [3.8, 4) is 0 Å². The Hall–Kier alpha value is -1.95. The Labute approximate surface area is 120 Å². The van der Waals surface area contributed by atoms with Crippen molar-refractivity contribution >= 4 is 28.9 Å². The fourth-order valence-corrected chi connectivity index (χ4v) is 1.88. The molecule has 1 aromatic carbocycles. The highest BCUT2D eigenvalue weighted by Crippen LogP contribution is 2.29. The predicted octanol–water partition coefficient (Wildman–Crippen LogP) is 3.76. The van der Waals surface area contributed by atoms with Crippen molar-refractivity contribution in [3.63, 3.8) is 0 Å². The minimum absolute atomic E-state index is 0.0177. The van der Waals surface area contributed by atoms with Gasteiger partial charge < -0.3 is 10.6 Å². The maximum Gasteiger partial charge on any atom is 0.151 e. The maximum absolute atomic E-state index is 13.7. The molecule has 20 heavy (non-hydrogen) atoms. The molecule has 2 aromatic rings. The summed E-state index contributed by atoms with van der Waals surface area (Å²) in [6.07, 6.45) is 0.629. The highest BCUT2D eigenvalue weighted by molar-refractivity contribution is 6.33. The van der Waals surface area contributed by atoms with Crippen molar-refractivity contribution < 1.29 is 8.78 Å². The average Bonchev–Trinajstić information content (AvgIpc) is 2.42. The van der Waals surface area contributed by atoms with E-state index in [1.54, 1.807) is 13.1 Å². The van der Waals surface area contributed by atoms with Gasteiger partial charge >= 0.3 is 0 Å². The summed E-state index contributed by atoms with van der Waals surface area (Å²) in [5.41, 5.74) is -0.0177. The molecule has 0 atom stereocenters. The van der Waals surface area contributed by atoms with Gasteiger partial charge in [0, 0.05) is 25.6 Å². The molecule has 0 unspecified atom stereocenters. The van der Waals surface area contributed by atoms with Crippen LogP contribution in [0.4, 0.5) is 26.1 Å². The first-order valence-corrected chi connectivity index (χ1v) is 6.38. The zero-order valence-corrected chi connectivity index (χ0v) is 11.7. The van der Waals surface area contributed by atoms with Gasteiger partial charge in [-0.15, -0.1) is 0 Å². The summed E-state index contributed by atoms with van der Waals surface area (Å²) in [5, 5.41) is 5.59. The summed E-state index contributed by atoms with van der Waals surface area (Å²) in [7, 11) is 1.72. The molecule has 0 aliphatic heterocycles. The lowest BCUT2D eigenvalue weighted by Crippen LogP contribution is -2.04. The summed E-state index contributed by atoms with van der Waals surface area (Å²) in [4.78, 5) is 8.44. The average molecular weight is 299 g/mol. The first kappa shape index (κ1) is 14.5. The predicted molar refractivity (Wildman–Crippen MR) is 75.6 cm³/mol. The fourth-order valence-electron chi connectivity index (χ4n) is 1.64. The Kier molecular flexibility index (Phi) is 4.34. The largest absolute Gasteiger partial charge is 0.373 e. The molecule has 1 aromatic heterocycles. The number of aryl methyl sites for hydroxylation is 1. The van der Waals surface area contributed by atoms with Gasteiger partial charge in [0.15, 0.2) is 5.82 Å². The lowest BCUT2D eigenvalue weighted by atomic mass is 10.3. The molecule has 0 amide bonds. The van der Waals surface area contributed by atoms with Crippen LogP contribution in [0.25, 0.3) is 0 Å². The van der Waals surface area contributed by atoms with Crippen molar-refractivity contribution in [3.05, 3.63) is 40.7 Å². The van der Waals surface area contributed by atoms with E-state index in [1.165, 1.54) is 0 Å². The van der Waals surface area contributed by atoms with Crippen LogP contribution in [0.1, 0.15) is 12.7 Å². The standard InChI is InChI=1S/C13H13ClF2N4/c1-3-10-18-11(17-2)6-12(19-10)20-13-8(14)4-7(15)5-9(13)16/h4-6H,3H2,1-2H3,(H2,17,18,19,20). The minimum atomic E-state index is -0.780. The maximum atomic E-state index is 13.7. The zero-order valence-electron chi connectivity index (χ0n) is 11.0. The third-order valence-corrected chi connectivity index (χ3v) is 2.90. The first-order valence-electron chi connectivity index (χ1n) is 6.00. The monoisotopic (exact) mass is 298 g/mol. The van der Waals surface area contributed by atoms with Gasteiger partial charge in [-0.25, -0.2) is 18.7 Å². The third-order valence-electron chi connectivity index (χ3n) is 2.60. The van der Waals surface area contributed by atoms with E-state index in [9.17, 15) is 8.78 Å². The number of aromatic nitrogens is 2. The second kappa shape index (κ2) is 6.00. The Bertz CT molecular complexity index is 589. The SMILES string of the molecule is CCc1nc(NC)cc(Nc2c(F)cc(F)cc2Cl)n1. The van der Waals surface area contributed by atoms with Gasteiger partial charge in [-0.3, -0.25) is 0 Å². The number of hydrogen-bond donors (Lipinski definition) is 2. The number of benzene rings is 1. The van der Waals surface area contributed by atoms with Crippen LogP contribution in [0.5, 0.6) is 0 Å². The van der Waals surface area contributed by atoms with Crippen molar-refractivity contribution in [2.24, 2.45) is 0 Å². The van der Waals surface area contributed by atoms with Crippen molar-refractivity contribution in [1.29, 1.82) is 0 Å². The molecular formula is C13H13ClF2N4. The van der Waals surface area contributed by atoms with Gasteiger partial charge in [0.2, 0.25) is 0 Å². The Morgan fingerprint density at radius 1 is 1.15 bits per heavy atom. The molecule has 0 spiro atoms. The Morgan fingerprint density at radius 2 is 1.85 bits per heavy atom. The van der Waals surface area contributed by atoms with Gasteiger partial charge in [-0.1, -0.05) is 18.5 Å². The fraction of sp³-hybridized carbons (Fsp3) is 0.231. The zero-order chi connectivity index (χ0) is 14.7. The van der Waals surface area contributed by atoms with E-state index < -0.39 is 11.6 Å². The van der Waals surface area contributed by atoms with Crippen LogP contribution in [0.3, 0.4) is 0 Å². The molecule has 0 radical (unpaired) electrons. The molecule has 0 saturated carbocycles. The molecule has 1 heterocycles. The van der Waals surface area contributed by atoms with E-state index in [0.717, 1.165) is 12.1 Å². The van der Waals surface area contributed by atoms with Gasteiger partial charge in [0.1, 0.15) is 23.3 Å². The quantitative estimate of drug-likeness (QED) is 0.902. The Balaban J connectivity index is 2.39. The normalized spacial score (nSPS) is 10.4. The lowest BCUT2D eigenvalue weighted by molar-refractivity contribution is 0.586. The van der Waals surface area contributed by atoms with E-state index in [1.807, 2.05) is 6.92 Å². The highest BCUT2D eigenvalue weighted by atomic mass is 35.5. The van der Waals surface area contributed by atoms with E-state index in [0.29, 0.717) is 23.9 Å². The number of hydrogen-bond acceptors (Lipinski definition) is 4. The second-order valence-corrected chi connectivity index (χ2v) is 4.43. The van der Waals surface area contributed by atoms with Crippen LogP contribution in [0, 0.1) is 11.6 Å². The van der Waals surface area contributed by atoms with Crippen LogP contribution >= 0.6 is 11.6 Å². The van der Waals surface area contributed by atoms with Crippen molar-refractivity contribution in [2.45, 2.75) is 13.3 Å². The van der Waals surface area contributed by atoms with E-state index in [2.05, 4.69) is 20.6 Å². The summed E-state index contributed by atoms with van der Waals surface area (Å²) < 4.78 is 26.7. The number of rotatable bonds is 4. The topological polar surface area (TPSA) is 49.8 Å². The van der Waals surface area contributed by atoms with Gasteiger partial charge in [0.25, 0.3) is 0 Å². The van der Waals surface area contributed by atoms with Crippen molar-refractivity contribution in [2.75, 3.05) is 17.7 Å². The van der Waals surface area contributed by atoms with Crippen molar-refractivity contribution in [1.82, 2.24) is 9.97 Å². The van der Waals surface area contributed by atoms with E-state index in [4.69, 9.17) is 11.6 Å². The molecule has 0 bridgehead atoms. The number of anilines is 3. The second-order valence-electron chi connectivity index (χ2n) is 4.03. The van der Waals surface area contributed by atoms with Crippen LogP contribution in [-0.2, 0) is 6.42 Å². The van der Waals surface area contributed by atoms with E-state index >= 15 is 0 Å². The van der Waals surface area contributed by atoms with Gasteiger partial charge in [0.05, 0.1) is 10.7 Å². The molecule has 0 aliphatic rings. The molecule has 0 saturated heterocycles. The summed E-state index contributed by atoms with van der Waals surface area (Å²) in [5.74, 6) is 0.0631. The van der Waals surface area contributed by atoms with Gasteiger partial charge in [-0.05, 0) is 6.07 Å². The smallest absolute Gasteiger partial charge is 0.151 e. The Morgan fingerprint density at radius 3 is 2.45 bits per heavy atom. The summed E-state index contributed by atoms with van der Waals surface area (Å²) >= 11 is 5.83. The highest BCUT2D eigenvalue weighted by Gasteiger charge is 2.12.